The van der Waals surface area contributed by atoms with Gasteiger partial charge in [0.15, 0.2) is 0 Å². The molecule has 168 valence electrons. The van der Waals surface area contributed by atoms with Crippen molar-refractivity contribution in [3.05, 3.63) is 83.9 Å². The summed E-state index contributed by atoms with van der Waals surface area (Å²) < 4.78 is 5.45. The molecule has 5 rings (SSSR count). The molecule has 2 aromatic carbocycles. The van der Waals surface area contributed by atoms with Crippen LogP contribution in [-0.4, -0.2) is 70.5 Å². The molecule has 2 aliphatic rings. The molecule has 2 aliphatic heterocycles. The summed E-state index contributed by atoms with van der Waals surface area (Å²) in [4.78, 5) is 37.5. The summed E-state index contributed by atoms with van der Waals surface area (Å²) in [6, 6.07) is 16.8. The van der Waals surface area contributed by atoms with E-state index < -0.39 is 0 Å². The van der Waals surface area contributed by atoms with Crippen molar-refractivity contribution in [1.82, 2.24) is 19.8 Å². The SMILES string of the molecule is COC[C@@H]1[C@@H](c2ccc(-c3cccc(C)c3)cc2)[C@@H]2CN(C(=O)c3cnccn3)CC(=O)N12. The molecule has 0 bridgehead atoms. The second-order valence-electron chi connectivity index (χ2n) is 8.68. The minimum absolute atomic E-state index is 0.0360. The topological polar surface area (TPSA) is 75.6 Å². The van der Waals surface area contributed by atoms with Gasteiger partial charge >= 0.3 is 0 Å². The van der Waals surface area contributed by atoms with Gasteiger partial charge in [0.1, 0.15) is 12.2 Å². The van der Waals surface area contributed by atoms with E-state index in [4.69, 9.17) is 4.74 Å². The molecule has 0 aliphatic carbocycles. The van der Waals surface area contributed by atoms with Crippen molar-refractivity contribution < 1.29 is 14.3 Å². The molecule has 0 unspecified atom stereocenters. The summed E-state index contributed by atoms with van der Waals surface area (Å²) in [5, 5.41) is 0. The molecular formula is C26H26N4O3. The van der Waals surface area contributed by atoms with E-state index in [1.807, 2.05) is 4.90 Å². The first-order valence-electron chi connectivity index (χ1n) is 11.1. The number of nitrogens with zero attached hydrogens (tertiary/aromatic N) is 4. The van der Waals surface area contributed by atoms with E-state index in [2.05, 4.69) is 65.4 Å². The Bertz CT molecular complexity index is 1170. The molecule has 2 fully saturated rings. The molecule has 0 radical (unpaired) electrons. The lowest BCUT2D eigenvalue weighted by atomic mass is 9.73. The number of benzene rings is 2. The number of methoxy groups -OCH3 is 1. The third-order valence-electron chi connectivity index (χ3n) is 6.62. The number of rotatable bonds is 5. The van der Waals surface area contributed by atoms with Gasteiger partial charge in [-0.3, -0.25) is 14.6 Å². The van der Waals surface area contributed by atoms with E-state index in [0.717, 1.165) is 11.1 Å². The second kappa shape index (κ2) is 8.75. The number of carbonyl (C=O) groups is 2. The van der Waals surface area contributed by atoms with Crippen LogP contribution in [0.4, 0.5) is 0 Å². The number of amides is 2. The summed E-state index contributed by atoms with van der Waals surface area (Å²) in [5.41, 5.74) is 4.96. The Labute approximate surface area is 193 Å². The van der Waals surface area contributed by atoms with E-state index in [1.54, 1.807) is 12.0 Å². The fourth-order valence-electron chi connectivity index (χ4n) is 5.10. The van der Waals surface area contributed by atoms with Crippen molar-refractivity contribution in [3.63, 3.8) is 0 Å². The van der Waals surface area contributed by atoms with Gasteiger partial charge in [-0.25, -0.2) is 4.98 Å². The number of hydrogen-bond donors (Lipinski definition) is 0. The molecule has 33 heavy (non-hydrogen) atoms. The molecule has 3 heterocycles. The molecule has 1 aromatic heterocycles. The normalized spacial score (nSPS) is 22.0. The van der Waals surface area contributed by atoms with Crippen LogP contribution >= 0.6 is 0 Å². The van der Waals surface area contributed by atoms with Crippen LogP contribution in [-0.2, 0) is 9.53 Å². The quantitative estimate of drug-likeness (QED) is 0.607. The van der Waals surface area contributed by atoms with Gasteiger partial charge in [0, 0.05) is 32.0 Å². The van der Waals surface area contributed by atoms with Crippen LogP contribution in [0.25, 0.3) is 11.1 Å². The molecule has 0 N–H and O–H groups in total. The van der Waals surface area contributed by atoms with Crippen molar-refractivity contribution in [2.45, 2.75) is 24.9 Å². The zero-order valence-electron chi connectivity index (χ0n) is 18.7. The second-order valence-corrected chi connectivity index (χ2v) is 8.68. The Morgan fingerprint density at radius 3 is 2.64 bits per heavy atom. The van der Waals surface area contributed by atoms with Crippen LogP contribution in [0.3, 0.4) is 0 Å². The van der Waals surface area contributed by atoms with E-state index in [1.165, 1.54) is 29.7 Å². The zero-order valence-corrected chi connectivity index (χ0v) is 18.7. The Hall–Kier alpha value is -3.58. The van der Waals surface area contributed by atoms with Crippen molar-refractivity contribution in [3.8, 4) is 11.1 Å². The van der Waals surface area contributed by atoms with Crippen LogP contribution in [0.2, 0.25) is 0 Å². The Balaban J connectivity index is 1.40. The van der Waals surface area contributed by atoms with E-state index in [-0.39, 0.29) is 42.1 Å². The first kappa shape index (κ1) is 21.3. The summed E-state index contributed by atoms with van der Waals surface area (Å²) in [7, 11) is 1.66. The predicted octanol–water partition coefficient (Wildman–Crippen LogP) is 2.92. The lowest BCUT2D eigenvalue weighted by Crippen LogP contribution is -2.73. The molecule has 3 atom stereocenters. The highest BCUT2D eigenvalue weighted by Gasteiger charge is 2.54. The monoisotopic (exact) mass is 442 g/mol. The number of carbonyl (C=O) groups excluding carboxylic acids is 2. The zero-order chi connectivity index (χ0) is 22.9. The number of piperazine rings is 1. The highest BCUT2D eigenvalue weighted by atomic mass is 16.5. The van der Waals surface area contributed by atoms with Gasteiger partial charge in [-0.15, -0.1) is 0 Å². The summed E-state index contributed by atoms with van der Waals surface area (Å²) in [6.07, 6.45) is 4.45. The average molecular weight is 443 g/mol. The maximum Gasteiger partial charge on any atom is 0.274 e. The molecule has 0 saturated carbocycles. The molecule has 7 heteroatoms. The summed E-state index contributed by atoms with van der Waals surface area (Å²) in [5.74, 6) is -0.226. The minimum atomic E-state index is -0.264. The van der Waals surface area contributed by atoms with Gasteiger partial charge < -0.3 is 14.5 Å². The fraction of sp³-hybridized carbons (Fsp3) is 0.308. The number of fused-ring (bicyclic) bond motifs is 1. The third-order valence-corrected chi connectivity index (χ3v) is 6.62. The highest BCUT2D eigenvalue weighted by Crippen LogP contribution is 2.43. The summed E-state index contributed by atoms with van der Waals surface area (Å²) in [6.45, 7) is 3.06. The van der Waals surface area contributed by atoms with Gasteiger partial charge in [0.2, 0.25) is 5.91 Å². The van der Waals surface area contributed by atoms with Gasteiger partial charge in [-0.1, -0.05) is 54.1 Å². The molecule has 3 aromatic rings. The Morgan fingerprint density at radius 2 is 1.94 bits per heavy atom. The first-order valence-corrected chi connectivity index (χ1v) is 11.1. The van der Waals surface area contributed by atoms with E-state index in [0.29, 0.717) is 13.2 Å². The largest absolute Gasteiger partial charge is 0.383 e. The molecule has 7 nitrogen and oxygen atoms in total. The average Bonchev–Trinajstić information content (AvgIpc) is 2.83. The third kappa shape index (κ3) is 3.89. The maximum atomic E-state index is 13.0. The minimum Gasteiger partial charge on any atom is -0.383 e. The smallest absolute Gasteiger partial charge is 0.274 e. The first-order chi connectivity index (χ1) is 16.1. The van der Waals surface area contributed by atoms with Crippen LogP contribution < -0.4 is 0 Å². The number of ether oxygens (including phenoxy) is 1. The van der Waals surface area contributed by atoms with Crippen LogP contribution in [0, 0.1) is 6.92 Å². The number of aryl methyl sites for hydroxylation is 1. The number of hydrogen-bond acceptors (Lipinski definition) is 5. The van der Waals surface area contributed by atoms with E-state index >= 15 is 0 Å². The van der Waals surface area contributed by atoms with Crippen molar-refractivity contribution in [2.24, 2.45) is 0 Å². The lowest BCUT2D eigenvalue weighted by Gasteiger charge is -2.59. The van der Waals surface area contributed by atoms with Gasteiger partial charge in [-0.2, -0.15) is 0 Å². The van der Waals surface area contributed by atoms with Crippen molar-refractivity contribution >= 4 is 11.8 Å². The molecule has 0 spiro atoms. The van der Waals surface area contributed by atoms with Gasteiger partial charge in [0.25, 0.3) is 5.91 Å². The van der Waals surface area contributed by atoms with Crippen molar-refractivity contribution in [2.75, 3.05) is 26.8 Å². The van der Waals surface area contributed by atoms with E-state index in [9.17, 15) is 9.59 Å². The molecule has 2 saturated heterocycles. The number of aromatic nitrogens is 2. The highest BCUT2D eigenvalue weighted by molar-refractivity contribution is 5.96. The van der Waals surface area contributed by atoms with Crippen LogP contribution in [0.1, 0.15) is 27.5 Å². The van der Waals surface area contributed by atoms with Crippen molar-refractivity contribution in [1.29, 1.82) is 0 Å². The maximum absolute atomic E-state index is 13.0. The fourth-order valence-corrected chi connectivity index (χ4v) is 5.10. The van der Waals surface area contributed by atoms with Gasteiger partial charge in [-0.05, 0) is 23.6 Å². The van der Waals surface area contributed by atoms with Gasteiger partial charge in [0.05, 0.1) is 24.9 Å². The lowest BCUT2D eigenvalue weighted by molar-refractivity contribution is -0.160. The molecular weight excluding hydrogens is 416 g/mol. The standard InChI is InChI=1S/C26H26N4O3/c1-17-4-3-5-20(12-17)18-6-8-19(9-7-18)25-22-14-29(26(32)21-13-27-10-11-28-21)15-24(31)30(22)23(25)16-33-2/h3-13,22-23,25H,14-16H2,1-2H3/t22-,23+,25-/m0/s1. The van der Waals surface area contributed by atoms with Crippen LogP contribution in [0.5, 0.6) is 0 Å². The molecule has 2 amide bonds. The Kier molecular flexibility index (Phi) is 5.64. The van der Waals surface area contributed by atoms with Crippen LogP contribution in [0.15, 0.2) is 67.1 Å². The predicted molar refractivity (Wildman–Crippen MR) is 124 cm³/mol. The summed E-state index contributed by atoms with van der Waals surface area (Å²) >= 11 is 0. The Morgan fingerprint density at radius 1 is 1.12 bits per heavy atom.